The molecule has 2 rings (SSSR count). The Balaban J connectivity index is 2.18. The molecule has 0 aliphatic rings. The van der Waals surface area contributed by atoms with Gasteiger partial charge >= 0.3 is 0 Å². The minimum atomic E-state index is -0.436. The Hall–Kier alpha value is -1.68. The molecular weight excluding hydrogens is 260 g/mol. The van der Waals surface area contributed by atoms with E-state index in [0.29, 0.717) is 12.3 Å². The van der Waals surface area contributed by atoms with Gasteiger partial charge in [0, 0.05) is 18.5 Å². The molecule has 114 valence electrons. The van der Waals surface area contributed by atoms with E-state index in [0.717, 1.165) is 24.4 Å². The first-order valence-corrected chi connectivity index (χ1v) is 7.67. The van der Waals surface area contributed by atoms with Crippen molar-refractivity contribution in [3.63, 3.8) is 0 Å². The molecule has 21 heavy (non-hydrogen) atoms. The first-order chi connectivity index (χ1) is 9.92. The summed E-state index contributed by atoms with van der Waals surface area (Å²) in [5.41, 5.74) is 8.57. The SMILES string of the molecule is CCc1ccc(C(C)(N)Cc2ncnn2CC(C)C)cc1. The quantitative estimate of drug-likeness (QED) is 0.888. The predicted molar refractivity (Wildman–Crippen MR) is 85.9 cm³/mol. The van der Waals surface area contributed by atoms with E-state index in [2.05, 4.69) is 62.0 Å². The maximum Gasteiger partial charge on any atom is 0.138 e. The van der Waals surface area contributed by atoms with Gasteiger partial charge in [-0.1, -0.05) is 45.0 Å². The van der Waals surface area contributed by atoms with Crippen LogP contribution < -0.4 is 5.73 Å². The number of benzene rings is 1. The highest BCUT2D eigenvalue weighted by atomic mass is 15.3. The molecule has 1 atom stereocenters. The van der Waals surface area contributed by atoms with Crippen molar-refractivity contribution in [1.82, 2.24) is 14.8 Å². The molecule has 0 bridgehead atoms. The van der Waals surface area contributed by atoms with E-state index in [1.54, 1.807) is 6.33 Å². The van der Waals surface area contributed by atoms with Crippen molar-refractivity contribution in [2.24, 2.45) is 11.7 Å². The number of hydrogen-bond acceptors (Lipinski definition) is 3. The molecule has 4 heteroatoms. The summed E-state index contributed by atoms with van der Waals surface area (Å²) in [5.74, 6) is 1.49. The molecular formula is C17H26N4. The number of nitrogens with two attached hydrogens (primary N) is 1. The number of aromatic nitrogens is 3. The summed E-state index contributed by atoms with van der Waals surface area (Å²) in [5, 5.41) is 4.31. The molecule has 2 aromatic rings. The lowest BCUT2D eigenvalue weighted by atomic mass is 9.88. The van der Waals surface area contributed by atoms with Gasteiger partial charge in [-0.25, -0.2) is 9.67 Å². The number of nitrogens with zero attached hydrogens (tertiary/aromatic N) is 3. The zero-order valence-electron chi connectivity index (χ0n) is 13.5. The minimum absolute atomic E-state index is 0.436. The first kappa shape index (κ1) is 15.7. The molecule has 1 unspecified atom stereocenters. The maximum atomic E-state index is 6.54. The first-order valence-electron chi connectivity index (χ1n) is 7.67. The third-order valence-electron chi connectivity index (χ3n) is 3.78. The molecule has 1 aromatic heterocycles. The largest absolute Gasteiger partial charge is 0.321 e. The summed E-state index contributed by atoms with van der Waals surface area (Å²) in [6.45, 7) is 9.45. The summed E-state index contributed by atoms with van der Waals surface area (Å²) >= 11 is 0. The minimum Gasteiger partial charge on any atom is -0.321 e. The average molecular weight is 286 g/mol. The van der Waals surface area contributed by atoms with Crippen molar-refractivity contribution < 1.29 is 0 Å². The summed E-state index contributed by atoms with van der Waals surface area (Å²) in [6, 6.07) is 8.56. The van der Waals surface area contributed by atoms with Crippen molar-refractivity contribution >= 4 is 0 Å². The zero-order chi connectivity index (χ0) is 15.5. The van der Waals surface area contributed by atoms with E-state index in [4.69, 9.17) is 5.73 Å². The predicted octanol–water partition coefficient (Wildman–Crippen LogP) is 2.91. The van der Waals surface area contributed by atoms with Crippen LogP contribution in [-0.2, 0) is 24.9 Å². The number of hydrogen-bond donors (Lipinski definition) is 1. The third kappa shape index (κ3) is 3.91. The Morgan fingerprint density at radius 2 is 1.90 bits per heavy atom. The zero-order valence-corrected chi connectivity index (χ0v) is 13.5. The molecule has 0 radical (unpaired) electrons. The van der Waals surface area contributed by atoms with E-state index in [9.17, 15) is 0 Å². The Bertz CT molecular complexity index is 567. The van der Waals surface area contributed by atoms with Gasteiger partial charge in [-0.15, -0.1) is 0 Å². The van der Waals surface area contributed by atoms with Crippen LogP contribution in [0.25, 0.3) is 0 Å². The molecule has 1 heterocycles. The van der Waals surface area contributed by atoms with Crippen LogP contribution in [0.4, 0.5) is 0 Å². The summed E-state index contributed by atoms with van der Waals surface area (Å²) < 4.78 is 1.97. The molecule has 2 N–H and O–H groups in total. The van der Waals surface area contributed by atoms with Gasteiger partial charge in [0.1, 0.15) is 12.2 Å². The average Bonchev–Trinajstić information content (AvgIpc) is 2.84. The Labute approximate surface area is 127 Å². The fourth-order valence-electron chi connectivity index (χ4n) is 2.48. The summed E-state index contributed by atoms with van der Waals surface area (Å²) in [4.78, 5) is 4.39. The smallest absolute Gasteiger partial charge is 0.138 e. The van der Waals surface area contributed by atoms with E-state index >= 15 is 0 Å². The van der Waals surface area contributed by atoms with Gasteiger partial charge in [0.2, 0.25) is 0 Å². The highest BCUT2D eigenvalue weighted by Gasteiger charge is 2.24. The van der Waals surface area contributed by atoms with Crippen LogP contribution in [0.1, 0.15) is 44.6 Å². The van der Waals surface area contributed by atoms with Crippen molar-refractivity contribution in [2.45, 2.75) is 52.6 Å². The lowest BCUT2D eigenvalue weighted by molar-refractivity contribution is 0.422. The van der Waals surface area contributed by atoms with Gasteiger partial charge in [-0.05, 0) is 30.4 Å². The van der Waals surface area contributed by atoms with Gasteiger partial charge in [0.05, 0.1) is 0 Å². The molecule has 0 aliphatic carbocycles. The monoisotopic (exact) mass is 286 g/mol. The van der Waals surface area contributed by atoms with Crippen LogP contribution in [0.3, 0.4) is 0 Å². The fourth-order valence-corrected chi connectivity index (χ4v) is 2.48. The second-order valence-electron chi connectivity index (χ2n) is 6.40. The fraction of sp³-hybridized carbons (Fsp3) is 0.529. The van der Waals surface area contributed by atoms with Gasteiger partial charge < -0.3 is 5.73 Å². The highest BCUT2D eigenvalue weighted by Crippen LogP contribution is 2.22. The normalized spacial score (nSPS) is 14.4. The highest BCUT2D eigenvalue weighted by molar-refractivity contribution is 5.28. The summed E-state index contributed by atoms with van der Waals surface area (Å²) in [6.07, 6.45) is 3.35. The van der Waals surface area contributed by atoms with Crippen LogP contribution in [-0.4, -0.2) is 14.8 Å². The van der Waals surface area contributed by atoms with Crippen LogP contribution in [0.5, 0.6) is 0 Å². The van der Waals surface area contributed by atoms with Crippen LogP contribution in [0.15, 0.2) is 30.6 Å². The second-order valence-corrected chi connectivity index (χ2v) is 6.40. The third-order valence-corrected chi connectivity index (χ3v) is 3.78. The Morgan fingerprint density at radius 1 is 1.24 bits per heavy atom. The molecule has 0 fully saturated rings. The Kier molecular flexibility index (Phi) is 4.78. The van der Waals surface area contributed by atoms with E-state index in [1.165, 1.54) is 5.56 Å². The maximum absolute atomic E-state index is 6.54. The van der Waals surface area contributed by atoms with E-state index in [-0.39, 0.29) is 0 Å². The van der Waals surface area contributed by atoms with Gasteiger partial charge in [-0.2, -0.15) is 5.10 Å². The van der Waals surface area contributed by atoms with Crippen LogP contribution >= 0.6 is 0 Å². The number of rotatable bonds is 6. The van der Waals surface area contributed by atoms with E-state index in [1.807, 2.05) is 4.68 Å². The lowest BCUT2D eigenvalue weighted by Crippen LogP contribution is -2.36. The van der Waals surface area contributed by atoms with Crippen molar-refractivity contribution in [3.05, 3.63) is 47.5 Å². The van der Waals surface area contributed by atoms with E-state index < -0.39 is 5.54 Å². The molecule has 1 aromatic carbocycles. The van der Waals surface area contributed by atoms with Crippen LogP contribution in [0, 0.1) is 5.92 Å². The van der Waals surface area contributed by atoms with Gasteiger partial charge in [0.25, 0.3) is 0 Å². The topological polar surface area (TPSA) is 56.7 Å². The van der Waals surface area contributed by atoms with Gasteiger partial charge in [0.15, 0.2) is 0 Å². The molecule has 0 amide bonds. The lowest BCUT2D eigenvalue weighted by Gasteiger charge is -2.25. The molecule has 0 aliphatic heterocycles. The molecule has 0 saturated heterocycles. The van der Waals surface area contributed by atoms with Gasteiger partial charge in [-0.3, -0.25) is 0 Å². The Morgan fingerprint density at radius 3 is 2.48 bits per heavy atom. The molecule has 4 nitrogen and oxygen atoms in total. The molecule has 0 spiro atoms. The molecule has 0 saturated carbocycles. The van der Waals surface area contributed by atoms with Crippen molar-refractivity contribution in [3.8, 4) is 0 Å². The second kappa shape index (κ2) is 6.39. The van der Waals surface area contributed by atoms with Crippen molar-refractivity contribution in [1.29, 1.82) is 0 Å². The van der Waals surface area contributed by atoms with Crippen LogP contribution in [0.2, 0.25) is 0 Å². The standard InChI is InChI=1S/C17H26N4/c1-5-14-6-8-15(9-7-14)17(4,18)10-16-19-12-20-21(16)11-13(2)3/h6-9,12-13H,5,10-11,18H2,1-4H3. The van der Waals surface area contributed by atoms with Crippen molar-refractivity contribution in [2.75, 3.05) is 0 Å². The number of aryl methyl sites for hydroxylation is 1. The summed E-state index contributed by atoms with van der Waals surface area (Å²) in [7, 11) is 0.